The molecule has 0 amide bonds. The molecule has 46 heavy (non-hydrogen) atoms. The summed E-state index contributed by atoms with van der Waals surface area (Å²) in [4.78, 5) is 0. The molecule has 1 fully saturated rings. The van der Waals surface area contributed by atoms with Gasteiger partial charge in [-0.3, -0.25) is 0 Å². The van der Waals surface area contributed by atoms with E-state index < -0.39 is 0 Å². The van der Waals surface area contributed by atoms with Gasteiger partial charge in [0.2, 0.25) is 11.4 Å². The number of rotatable bonds is 7. The molecule has 3 aliphatic carbocycles. The summed E-state index contributed by atoms with van der Waals surface area (Å²) in [7, 11) is 0. The molecule has 2 bridgehead atoms. The SMILES string of the molecule is CCC1(CC[n+]2ccccc2-c2ccccc2C)c2cc3c(cc2-c2ccc(-c4ccccc4)c[n+]2C1(C)CC)C1CCC3CC1. The van der Waals surface area contributed by atoms with Crippen LogP contribution in [0.4, 0.5) is 0 Å². The molecular weight excluding hydrogens is 556 g/mol. The number of aryl methyl sites for hydroxylation is 2. The molecule has 0 radical (unpaired) electrons. The fourth-order valence-corrected chi connectivity index (χ4v) is 9.86. The second-order valence-electron chi connectivity index (χ2n) is 14.5. The lowest BCUT2D eigenvalue weighted by Crippen LogP contribution is -2.69. The fraction of sp³-hybridized carbons (Fsp3) is 0.364. The molecule has 0 saturated heterocycles. The highest BCUT2D eigenvalue weighted by molar-refractivity contribution is 5.71. The number of hydrogen-bond acceptors (Lipinski definition) is 0. The van der Waals surface area contributed by atoms with Crippen LogP contribution in [0, 0.1) is 6.92 Å². The Bertz CT molecular complexity index is 1910. The van der Waals surface area contributed by atoms with Crippen molar-refractivity contribution >= 4 is 0 Å². The number of benzene rings is 3. The molecule has 0 spiro atoms. The largest absolute Gasteiger partial charge is 0.213 e. The van der Waals surface area contributed by atoms with Gasteiger partial charge in [-0.2, -0.15) is 9.13 Å². The normalized spacial score (nSPS) is 24.3. The van der Waals surface area contributed by atoms with Gasteiger partial charge in [0.05, 0.1) is 11.0 Å². The molecule has 2 aromatic heterocycles. The van der Waals surface area contributed by atoms with Crippen molar-refractivity contribution < 1.29 is 9.13 Å². The average Bonchev–Trinajstić information content (AvgIpc) is 3.12. The van der Waals surface area contributed by atoms with Crippen LogP contribution in [0.15, 0.2) is 109 Å². The molecule has 2 atom stereocenters. The van der Waals surface area contributed by atoms with Crippen molar-refractivity contribution in [2.75, 3.05) is 0 Å². The highest BCUT2D eigenvalue weighted by atomic mass is 15.1. The highest BCUT2D eigenvalue weighted by Crippen LogP contribution is 2.57. The zero-order valence-electron chi connectivity index (χ0n) is 28.1. The summed E-state index contributed by atoms with van der Waals surface area (Å²) in [5, 5.41) is 0. The van der Waals surface area contributed by atoms with E-state index in [2.05, 4.69) is 146 Å². The monoisotopic (exact) mass is 604 g/mol. The average molecular weight is 605 g/mol. The van der Waals surface area contributed by atoms with Gasteiger partial charge in [0.1, 0.15) is 6.54 Å². The van der Waals surface area contributed by atoms with E-state index in [1.54, 1.807) is 16.7 Å². The second-order valence-corrected chi connectivity index (χ2v) is 14.5. The van der Waals surface area contributed by atoms with E-state index in [9.17, 15) is 0 Å². The Kier molecular flexibility index (Phi) is 7.24. The lowest BCUT2D eigenvalue weighted by Gasteiger charge is -2.49. The zero-order valence-corrected chi connectivity index (χ0v) is 28.1. The molecule has 9 rings (SSSR count). The third-order valence-electron chi connectivity index (χ3n) is 12.7. The summed E-state index contributed by atoms with van der Waals surface area (Å²) in [6, 6.07) is 36.7. The molecule has 0 N–H and O–H groups in total. The molecule has 3 heterocycles. The molecule has 2 nitrogen and oxygen atoms in total. The van der Waals surface area contributed by atoms with Crippen LogP contribution in [0.3, 0.4) is 0 Å². The molecule has 1 saturated carbocycles. The first kappa shape index (κ1) is 29.4. The van der Waals surface area contributed by atoms with Gasteiger partial charge in [-0.1, -0.05) is 68.4 Å². The molecule has 3 aromatic carbocycles. The number of nitrogens with zero attached hydrogens (tertiary/aromatic N) is 2. The first-order valence-corrected chi connectivity index (χ1v) is 17.8. The smallest absolute Gasteiger partial charge is 0.198 e. The number of aromatic nitrogens is 2. The Hall–Kier alpha value is -4.04. The predicted molar refractivity (Wildman–Crippen MR) is 189 cm³/mol. The molecule has 1 aliphatic heterocycles. The van der Waals surface area contributed by atoms with Gasteiger partial charge in [-0.05, 0) is 103 Å². The molecule has 2 heteroatoms. The van der Waals surface area contributed by atoms with Crippen molar-refractivity contribution in [1.29, 1.82) is 0 Å². The Morgan fingerprint density at radius 1 is 0.674 bits per heavy atom. The summed E-state index contributed by atoms with van der Waals surface area (Å²) in [6.45, 7) is 10.7. The number of fused-ring (bicyclic) bond motifs is 5. The maximum Gasteiger partial charge on any atom is 0.213 e. The van der Waals surface area contributed by atoms with Crippen molar-refractivity contribution in [3.63, 3.8) is 0 Å². The van der Waals surface area contributed by atoms with E-state index >= 15 is 0 Å². The van der Waals surface area contributed by atoms with Crippen molar-refractivity contribution in [3.8, 4) is 33.6 Å². The predicted octanol–water partition coefficient (Wildman–Crippen LogP) is 10.2. The van der Waals surface area contributed by atoms with Gasteiger partial charge in [-0.15, -0.1) is 0 Å². The fourth-order valence-electron chi connectivity index (χ4n) is 9.86. The van der Waals surface area contributed by atoms with Crippen LogP contribution in [0.5, 0.6) is 0 Å². The van der Waals surface area contributed by atoms with E-state index in [0.717, 1.165) is 37.6 Å². The Labute approximate surface area is 275 Å². The van der Waals surface area contributed by atoms with E-state index in [1.165, 1.54) is 64.9 Å². The van der Waals surface area contributed by atoms with Crippen LogP contribution in [0.2, 0.25) is 0 Å². The van der Waals surface area contributed by atoms with Crippen LogP contribution in [-0.4, -0.2) is 0 Å². The van der Waals surface area contributed by atoms with E-state index in [1.807, 2.05) is 0 Å². The Morgan fingerprint density at radius 2 is 1.37 bits per heavy atom. The molecule has 232 valence electrons. The summed E-state index contributed by atoms with van der Waals surface area (Å²) >= 11 is 0. The maximum atomic E-state index is 2.74. The minimum atomic E-state index is -0.0883. The van der Waals surface area contributed by atoms with Crippen molar-refractivity contribution in [2.45, 2.75) is 102 Å². The summed E-state index contributed by atoms with van der Waals surface area (Å²) < 4.78 is 5.24. The molecule has 2 unspecified atom stereocenters. The van der Waals surface area contributed by atoms with Gasteiger partial charge >= 0.3 is 0 Å². The standard InChI is InChI=1S/C44H48N2/c1-5-43(4)44(6-2,25-27-45-26-13-12-18-41(45)36-17-11-10-14-31(36)3)40-29-38-34-21-19-33(20-22-34)37(38)28-39(40)42-24-23-35(30-46(42)43)32-15-8-7-9-16-32/h7-18,23-24,26,28-30,33-34H,5-6,19-22,25,27H2,1-4H3/q+2. The lowest BCUT2D eigenvalue weighted by atomic mass is 9.56. The topological polar surface area (TPSA) is 7.76 Å². The van der Waals surface area contributed by atoms with Gasteiger partial charge in [-0.25, -0.2) is 0 Å². The van der Waals surface area contributed by atoms with Crippen LogP contribution in [-0.2, 0) is 17.5 Å². The number of pyridine rings is 2. The first-order chi connectivity index (χ1) is 22.5. The summed E-state index contributed by atoms with van der Waals surface area (Å²) in [6.07, 6.45) is 13.5. The van der Waals surface area contributed by atoms with E-state index in [-0.39, 0.29) is 11.0 Å². The molecular formula is C44H48N2+2. The molecule has 5 aromatic rings. The Balaban J connectivity index is 1.33. The zero-order chi connectivity index (χ0) is 31.5. The van der Waals surface area contributed by atoms with Crippen LogP contribution >= 0.6 is 0 Å². The summed E-state index contributed by atoms with van der Waals surface area (Å²) in [5.74, 6) is 1.47. The van der Waals surface area contributed by atoms with Crippen LogP contribution < -0.4 is 9.13 Å². The second kappa shape index (κ2) is 11.3. The van der Waals surface area contributed by atoms with Crippen LogP contribution in [0.1, 0.15) is 99.8 Å². The van der Waals surface area contributed by atoms with Crippen molar-refractivity contribution in [3.05, 3.63) is 132 Å². The third-order valence-corrected chi connectivity index (χ3v) is 12.7. The van der Waals surface area contributed by atoms with Crippen LogP contribution in [0.25, 0.3) is 33.6 Å². The lowest BCUT2D eigenvalue weighted by molar-refractivity contribution is -0.768. The van der Waals surface area contributed by atoms with Gasteiger partial charge in [0, 0.05) is 49.1 Å². The van der Waals surface area contributed by atoms with Gasteiger partial charge in [0.25, 0.3) is 0 Å². The van der Waals surface area contributed by atoms with E-state index in [0.29, 0.717) is 0 Å². The third kappa shape index (κ3) is 4.36. The van der Waals surface area contributed by atoms with Crippen molar-refractivity contribution in [1.82, 2.24) is 0 Å². The minimum absolute atomic E-state index is 0.0262. The van der Waals surface area contributed by atoms with Gasteiger partial charge < -0.3 is 0 Å². The first-order valence-electron chi connectivity index (χ1n) is 17.8. The number of hydrogen-bond donors (Lipinski definition) is 0. The Morgan fingerprint density at radius 3 is 2.09 bits per heavy atom. The minimum Gasteiger partial charge on any atom is -0.198 e. The van der Waals surface area contributed by atoms with Gasteiger partial charge in [0.15, 0.2) is 17.9 Å². The highest BCUT2D eigenvalue weighted by Gasteiger charge is 2.60. The maximum absolute atomic E-state index is 2.74. The van der Waals surface area contributed by atoms with E-state index in [4.69, 9.17) is 0 Å². The summed E-state index contributed by atoms with van der Waals surface area (Å²) in [5.41, 5.74) is 14.2. The molecule has 4 aliphatic rings. The van der Waals surface area contributed by atoms with Crippen molar-refractivity contribution in [2.24, 2.45) is 0 Å². The quantitative estimate of drug-likeness (QED) is 0.163.